The predicted octanol–water partition coefficient (Wildman–Crippen LogP) is 5.05. The van der Waals surface area contributed by atoms with Crippen molar-refractivity contribution in [3.63, 3.8) is 0 Å². The van der Waals surface area contributed by atoms with Crippen LogP contribution in [0.2, 0.25) is 0 Å². The minimum atomic E-state index is -0.204. The lowest BCUT2D eigenvalue weighted by Crippen LogP contribution is -2.43. The van der Waals surface area contributed by atoms with E-state index < -0.39 is 0 Å². The van der Waals surface area contributed by atoms with Crippen molar-refractivity contribution >= 4 is 22.6 Å². The molecule has 1 atom stereocenters. The van der Waals surface area contributed by atoms with Gasteiger partial charge in [0.1, 0.15) is 6.04 Å². The fourth-order valence-electron chi connectivity index (χ4n) is 4.26. The van der Waals surface area contributed by atoms with Gasteiger partial charge in [-0.3, -0.25) is 4.98 Å². The van der Waals surface area contributed by atoms with Gasteiger partial charge in [0.2, 0.25) is 0 Å². The fourth-order valence-corrected chi connectivity index (χ4v) is 4.26. The van der Waals surface area contributed by atoms with Gasteiger partial charge in [-0.15, -0.1) is 0 Å². The number of aromatic nitrogens is 2. The first kappa shape index (κ1) is 17.5. The number of pyridine rings is 1. The van der Waals surface area contributed by atoms with E-state index in [1.807, 2.05) is 60.5 Å². The summed E-state index contributed by atoms with van der Waals surface area (Å²) in [6, 6.07) is 19.8. The number of urea groups is 1. The average Bonchev–Trinajstić information content (AvgIpc) is 3.12. The van der Waals surface area contributed by atoms with Crippen LogP contribution in [-0.2, 0) is 6.42 Å². The summed E-state index contributed by atoms with van der Waals surface area (Å²) in [5.74, 6) is 0. The van der Waals surface area contributed by atoms with Crippen molar-refractivity contribution in [1.29, 1.82) is 0 Å². The number of anilines is 1. The second-order valence-electron chi connectivity index (χ2n) is 7.49. The number of aromatic amines is 1. The lowest BCUT2D eigenvalue weighted by Gasteiger charge is -2.36. The van der Waals surface area contributed by atoms with Gasteiger partial charge in [0.05, 0.1) is 0 Å². The molecule has 0 unspecified atom stereocenters. The molecule has 0 spiro atoms. The Morgan fingerprint density at radius 2 is 2.03 bits per heavy atom. The van der Waals surface area contributed by atoms with Gasteiger partial charge in [-0.05, 0) is 54.3 Å². The van der Waals surface area contributed by atoms with Crippen molar-refractivity contribution in [3.8, 4) is 0 Å². The number of carbonyl (C=O) groups is 1. The van der Waals surface area contributed by atoms with Gasteiger partial charge in [-0.2, -0.15) is 0 Å². The molecule has 0 bridgehead atoms. The zero-order chi connectivity index (χ0) is 19.8. The van der Waals surface area contributed by atoms with Crippen LogP contribution < -0.4 is 5.32 Å². The Balaban J connectivity index is 1.57. The maximum absolute atomic E-state index is 13.3. The molecule has 1 aliphatic heterocycles. The van der Waals surface area contributed by atoms with Gasteiger partial charge in [-0.25, -0.2) is 4.79 Å². The van der Waals surface area contributed by atoms with Crippen LogP contribution in [0.25, 0.3) is 10.9 Å². The summed E-state index contributed by atoms with van der Waals surface area (Å²) in [6.45, 7) is 2.66. The van der Waals surface area contributed by atoms with Crippen LogP contribution in [0, 0.1) is 6.92 Å². The van der Waals surface area contributed by atoms with Gasteiger partial charge in [-0.1, -0.05) is 36.4 Å². The lowest BCUT2D eigenvalue weighted by atomic mass is 9.93. The highest BCUT2D eigenvalue weighted by atomic mass is 16.2. The molecule has 0 radical (unpaired) electrons. The Morgan fingerprint density at radius 1 is 1.14 bits per heavy atom. The molecule has 5 heteroatoms. The third kappa shape index (κ3) is 3.14. The Morgan fingerprint density at radius 3 is 2.86 bits per heavy atom. The molecule has 5 rings (SSSR count). The standard InChI is InChI=1S/C24H22N4O/c1-16-6-4-8-18(14-16)26-24(29)28-13-11-20-19-9-2-3-10-21(19)27-22(20)23(28)17-7-5-12-25-15-17/h2-10,12,14-15,23,27H,11,13H2,1H3,(H,26,29)/t23-/m1/s1. The summed E-state index contributed by atoms with van der Waals surface area (Å²) >= 11 is 0. The van der Waals surface area contributed by atoms with Crippen LogP contribution in [0.3, 0.4) is 0 Å². The number of fused-ring (bicyclic) bond motifs is 3. The van der Waals surface area contributed by atoms with Crippen LogP contribution in [0.5, 0.6) is 0 Å². The van der Waals surface area contributed by atoms with E-state index in [-0.39, 0.29) is 12.1 Å². The molecule has 144 valence electrons. The Kier molecular flexibility index (Phi) is 4.28. The van der Waals surface area contributed by atoms with Crippen molar-refractivity contribution in [2.24, 2.45) is 0 Å². The molecular weight excluding hydrogens is 360 g/mol. The van der Waals surface area contributed by atoms with Crippen LogP contribution >= 0.6 is 0 Å². The van der Waals surface area contributed by atoms with Crippen LogP contribution in [0.15, 0.2) is 73.1 Å². The monoisotopic (exact) mass is 382 g/mol. The number of rotatable bonds is 2. The van der Waals surface area contributed by atoms with E-state index in [0.717, 1.165) is 34.4 Å². The van der Waals surface area contributed by atoms with Crippen molar-refractivity contribution in [3.05, 3.63) is 95.4 Å². The highest BCUT2D eigenvalue weighted by Gasteiger charge is 2.34. The van der Waals surface area contributed by atoms with Crippen LogP contribution in [-0.4, -0.2) is 27.4 Å². The maximum atomic E-state index is 13.3. The first-order valence-electron chi connectivity index (χ1n) is 9.84. The molecule has 29 heavy (non-hydrogen) atoms. The van der Waals surface area contributed by atoms with Crippen molar-refractivity contribution in [2.75, 3.05) is 11.9 Å². The second-order valence-corrected chi connectivity index (χ2v) is 7.49. The highest BCUT2D eigenvalue weighted by molar-refractivity contribution is 5.91. The van der Waals surface area contributed by atoms with Crippen molar-refractivity contribution in [1.82, 2.24) is 14.9 Å². The Bertz CT molecular complexity index is 1180. The number of aryl methyl sites for hydroxylation is 1. The highest BCUT2D eigenvalue weighted by Crippen LogP contribution is 2.38. The lowest BCUT2D eigenvalue weighted by molar-refractivity contribution is 0.193. The molecule has 0 fully saturated rings. The van der Waals surface area contributed by atoms with E-state index >= 15 is 0 Å². The van der Waals surface area contributed by atoms with Gasteiger partial charge < -0.3 is 15.2 Å². The van der Waals surface area contributed by atoms with E-state index in [1.165, 1.54) is 10.9 Å². The molecular formula is C24H22N4O. The summed E-state index contributed by atoms with van der Waals surface area (Å²) in [5.41, 5.74) is 6.39. The molecule has 5 nitrogen and oxygen atoms in total. The van der Waals surface area contributed by atoms with E-state index in [4.69, 9.17) is 0 Å². The van der Waals surface area contributed by atoms with Crippen molar-refractivity contribution in [2.45, 2.75) is 19.4 Å². The number of hydrogen-bond acceptors (Lipinski definition) is 2. The summed E-state index contributed by atoms with van der Waals surface area (Å²) < 4.78 is 0. The third-order valence-corrected chi connectivity index (χ3v) is 5.56. The molecule has 0 saturated carbocycles. The summed E-state index contributed by atoms with van der Waals surface area (Å²) in [7, 11) is 0. The predicted molar refractivity (Wildman–Crippen MR) is 115 cm³/mol. The van der Waals surface area contributed by atoms with Gasteiger partial charge in [0, 0.05) is 41.2 Å². The summed E-state index contributed by atoms with van der Waals surface area (Å²) in [6.07, 6.45) is 4.42. The van der Waals surface area contributed by atoms with Gasteiger partial charge >= 0.3 is 6.03 Å². The van der Waals surface area contributed by atoms with E-state index in [0.29, 0.717) is 6.54 Å². The number of nitrogens with zero attached hydrogens (tertiary/aromatic N) is 2. The number of carbonyl (C=O) groups excluding carboxylic acids is 1. The first-order valence-corrected chi connectivity index (χ1v) is 9.84. The molecule has 4 aromatic rings. The van der Waals surface area contributed by atoms with E-state index in [1.54, 1.807) is 6.20 Å². The molecule has 2 aromatic heterocycles. The topological polar surface area (TPSA) is 61.0 Å². The molecule has 2 N–H and O–H groups in total. The fraction of sp³-hybridized carbons (Fsp3) is 0.167. The molecule has 1 aliphatic rings. The van der Waals surface area contributed by atoms with E-state index in [2.05, 4.69) is 33.5 Å². The Labute approximate surface area is 169 Å². The minimum Gasteiger partial charge on any atom is -0.356 e. The van der Waals surface area contributed by atoms with Crippen LogP contribution in [0.4, 0.5) is 10.5 Å². The normalized spacial score (nSPS) is 15.9. The number of benzene rings is 2. The van der Waals surface area contributed by atoms with Crippen molar-refractivity contribution < 1.29 is 4.79 Å². The van der Waals surface area contributed by atoms with E-state index in [9.17, 15) is 4.79 Å². The average molecular weight is 382 g/mol. The SMILES string of the molecule is Cc1cccc(NC(=O)N2CCc3c([nH]c4ccccc34)[C@H]2c2cccnc2)c1. The molecule has 0 saturated heterocycles. The number of para-hydroxylation sites is 1. The molecule has 2 amide bonds. The third-order valence-electron chi connectivity index (χ3n) is 5.56. The smallest absolute Gasteiger partial charge is 0.322 e. The van der Waals surface area contributed by atoms with Crippen LogP contribution in [0.1, 0.15) is 28.4 Å². The second kappa shape index (κ2) is 7.09. The number of hydrogen-bond donors (Lipinski definition) is 2. The number of H-pyrrole nitrogens is 1. The molecule has 2 aromatic carbocycles. The summed E-state index contributed by atoms with van der Waals surface area (Å²) in [5, 5.41) is 4.30. The maximum Gasteiger partial charge on any atom is 0.322 e. The summed E-state index contributed by atoms with van der Waals surface area (Å²) in [4.78, 5) is 23.0. The zero-order valence-electron chi connectivity index (χ0n) is 16.2. The molecule has 0 aliphatic carbocycles. The first-order chi connectivity index (χ1) is 14.2. The zero-order valence-corrected chi connectivity index (χ0v) is 16.2. The van der Waals surface area contributed by atoms with Gasteiger partial charge in [0.25, 0.3) is 0 Å². The largest absolute Gasteiger partial charge is 0.356 e. The quantitative estimate of drug-likeness (QED) is 0.510. The Hall–Kier alpha value is -3.60. The number of amides is 2. The van der Waals surface area contributed by atoms with Gasteiger partial charge in [0.15, 0.2) is 0 Å². The minimum absolute atomic E-state index is 0.103. The number of nitrogens with one attached hydrogen (secondary N) is 2. The molecule has 3 heterocycles.